The second-order valence-electron chi connectivity index (χ2n) is 6.13. The highest BCUT2D eigenvalue weighted by Crippen LogP contribution is 2.24. The number of carbonyl (C=O) groups excluding carboxylic acids is 1. The summed E-state index contributed by atoms with van der Waals surface area (Å²) in [4.78, 5) is 25.7. The Morgan fingerprint density at radius 3 is 2.58 bits per heavy atom. The summed E-state index contributed by atoms with van der Waals surface area (Å²) < 4.78 is 0. The maximum atomic E-state index is 12.6. The minimum absolute atomic E-state index is 0.0453. The van der Waals surface area contributed by atoms with Crippen LogP contribution >= 0.6 is 11.6 Å². The van der Waals surface area contributed by atoms with Gasteiger partial charge in [0.25, 0.3) is 0 Å². The first-order valence-corrected chi connectivity index (χ1v) is 8.64. The Labute approximate surface area is 156 Å². The van der Waals surface area contributed by atoms with Gasteiger partial charge in [-0.1, -0.05) is 30.7 Å². The standard InChI is InChI=1S/C20H18ClN3O2/c1-13(12-25)9-19(26)18-10-17(14-4-6-16(21)7-5-14)23-20(24-18)15-3-2-8-22-11-15/h2-8,10-11,13,25H,9,12H2,1H3/t13-/m1/s1. The number of rotatable bonds is 6. The van der Waals surface area contributed by atoms with Crippen molar-refractivity contribution in [1.82, 2.24) is 15.0 Å². The van der Waals surface area contributed by atoms with Crippen LogP contribution in [-0.2, 0) is 0 Å². The maximum Gasteiger partial charge on any atom is 0.181 e. The van der Waals surface area contributed by atoms with Gasteiger partial charge in [-0.05, 0) is 36.2 Å². The van der Waals surface area contributed by atoms with Crippen molar-refractivity contribution in [2.45, 2.75) is 13.3 Å². The molecule has 0 saturated carbocycles. The zero-order chi connectivity index (χ0) is 18.5. The summed E-state index contributed by atoms with van der Waals surface area (Å²) in [5.41, 5.74) is 2.53. The largest absolute Gasteiger partial charge is 0.396 e. The van der Waals surface area contributed by atoms with Crippen LogP contribution in [-0.4, -0.2) is 32.4 Å². The van der Waals surface area contributed by atoms with E-state index in [2.05, 4.69) is 15.0 Å². The molecule has 1 aromatic carbocycles. The van der Waals surface area contributed by atoms with Gasteiger partial charge in [0.15, 0.2) is 11.6 Å². The van der Waals surface area contributed by atoms with E-state index in [0.29, 0.717) is 22.2 Å². The molecule has 5 nitrogen and oxygen atoms in total. The van der Waals surface area contributed by atoms with E-state index in [1.165, 1.54) is 0 Å². The highest BCUT2D eigenvalue weighted by Gasteiger charge is 2.16. The van der Waals surface area contributed by atoms with Crippen LogP contribution in [0, 0.1) is 5.92 Å². The predicted octanol–water partition coefficient (Wildman–Crippen LogP) is 4.06. The molecule has 2 heterocycles. The van der Waals surface area contributed by atoms with E-state index < -0.39 is 0 Å². The Kier molecular flexibility index (Phi) is 5.71. The number of pyridine rings is 1. The third-order valence-electron chi connectivity index (χ3n) is 3.92. The van der Waals surface area contributed by atoms with Crippen LogP contribution in [0.4, 0.5) is 0 Å². The molecule has 0 fully saturated rings. The van der Waals surface area contributed by atoms with Crippen molar-refractivity contribution in [3.63, 3.8) is 0 Å². The van der Waals surface area contributed by atoms with Gasteiger partial charge in [-0.3, -0.25) is 9.78 Å². The van der Waals surface area contributed by atoms with E-state index >= 15 is 0 Å². The number of benzene rings is 1. The van der Waals surface area contributed by atoms with Crippen LogP contribution in [0.5, 0.6) is 0 Å². The molecule has 0 unspecified atom stereocenters. The fraction of sp³-hybridized carbons (Fsp3) is 0.200. The van der Waals surface area contributed by atoms with E-state index in [-0.39, 0.29) is 24.7 Å². The van der Waals surface area contributed by atoms with Crippen molar-refractivity contribution in [2.24, 2.45) is 5.92 Å². The lowest BCUT2D eigenvalue weighted by Crippen LogP contribution is -2.12. The molecule has 0 saturated heterocycles. The Morgan fingerprint density at radius 2 is 1.92 bits per heavy atom. The molecule has 0 aliphatic carbocycles. The topological polar surface area (TPSA) is 76.0 Å². The number of aliphatic hydroxyl groups excluding tert-OH is 1. The molecule has 132 valence electrons. The molecule has 0 aliphatic rings. The second kappa shape index (κ2) is 8.17. The lowest BCUT2D eigenvalue weighted by Gasteiger charge is -2.10. The van der Waals surface area contributed by atoms with E-state index in [9.17, 15) is 9.90 Å². The second-order valence-corrected chi connectivity index (χ2v) is 6.56. The monoisotopic (exact) mass is 367 g/mol. The summed E-state index contributed by atoms with van der Waals surface area (Å²) in [5, 5.41) is 9.84. The number of aliphatic hydroxyl groups is 1. The van der Waals surface area contributed by atoms with Crippen molar-refractivity contribution >= 4 is 17.4 Å². The Bertz CT molecular complexity index is 899. The maximum absolute atomic E-state index is 12.6. The minimum atomic E-state index is -0.130. The number of hydrogen-bond acceptors (Lipinski definition) is 5. The van der Waals surface area contributed by atoms with Gasteiger partial charge in [0, 0.05) is 41.6 Å². The highest BCUT2D eigenvalue weighted by molar-refractivity contribution is 6.30. The molecule has 1 atom stereocenters. The van der Waals surface area contributed by atoms with Gasteiger partial charge in [-0.15, -0.1) is 0 Å². The van der Waals surface area contributed by atoms with E-state index in [4.69, 9.17) is 11.6 Å². The number of nitrogens with zero attached hydrogens (tertiary/aromatic N) is 3. The first kappa shape index (κ1) is 18.2. The first-order valence-electron chi connectivity index (χ1n) is 8.26. The lowest BCUT2D eigenvalue weighted by atomic mass is 10.0. The molecule has 0 aliphatic heterocycles. The average molecular weight is 368 g/mol. The van der Waals surface area contributed by atoms with Crippen molar-refractivity contribution < 1.29 is 9.90 Å². The number of halogens is 1. The van der Waals surface area contributed by atoms with Crippen LogP contribution < -0.4 is 0 Å². The van der Waals surface area contributed by atoms with E-state index in [1.807, 2.05) is 25.1 Å². The highest BCUT2D eigenvalue weighted by atomic mass is 35.5. The summed E-state index contributed by atoms with van der Waals surface area (Å²) in [7, 11) is 0. The number of ketones is 1. The molecule has 26 heavy (non-hydrogen) atoms. The van der Waals surface area contributed by atoms with E-state index in [1.54, 1.807) is 36.7 Å². The summed E-state index contributed by atoms with van der Waals surface area (Å²) >= 11 is 5.96. The molecule has 3 rings (SSSR count). The summed E-state index contributed by atoms with van der Waals surface area (Å²) in [5.74, 6) is 0.179. The van der Waals surface area contributed by atoms with Gasteiger partial charge in [0.1, 0.15) is 5.69 Å². The average Bonchev–Trinajstić information content (AvgIpc) is 2.68. The third kappa shape index (κ3) is 4.31. The molecule has 2 aromatic heterocycles. The smallest absolute Gasteiger partial charge is 0.181 e. The van der Waals surface area contributed by atoms with Gasteiger partial charge in [-0.25, -0.2) is 9.97 Å². The number of Topliss-reactive ketones (excluding diaryl/α,β-unsaturated/α-hetero) is 1. The number of carbonyl (C=O) groups is 1. The first-order chi connectivity index (χ1) is 12.6. The normalized spacial score (nSPS) is 12.0. The molecular weight excluding hydrogens is 350 g/mol. The summed E-state index contributed by atoms with van der Waals surface area (Å²) in [6.45, 7) is 1.78. The van der Waals surface area contributed by atoms with Gasteiger partial charge >= 0.3 is 0 Å². The van der Waals surface area contributed by atoms with Gasteiger partial charge in [-0.2, -0.15) is 0 Å². The van der Waals surface area contributed by atoms with Crippen molar-refractivity contribution in [1.29, 1.82) is 0 Å². The molecule has 1 N–H and O–H groups in total. The molecule has 0 radical (unpaired) electrons. The molecule has 0 spiro atoms. The summed E-state index contributed by atoms with van der Waals surface area (Å²) in [6, 6.07) is 12.6. The molecule has 0 amide bonds. The van der Waals surface area contributed by atoms with Crippen LogP contribution in [0.25, 0.3) is 22.6 Å². The van der Waals surface area contributed by atoms with Crippen molar-refractivity contribution in [2.75, 3.05) is 6.61 Å². The van der Waals surface area contributed by atoms with Crippen LogP contribution in [0.3, 0.4) is 0 Å². The number of aromatic nitrogens is 3. The van der Waals surface area contributed by atoms with Gasteiger partial charge in [0.2, 0.25) is 0 Å². The zero-order valence-corrected chi connectivity index (χ0v) is 15.0. The Morgan fingerprint density at radius 1 is 1.15 bits per heavy atom. The van der Waals surface area contributed by atoms with Crippen LogP contribution in [0.2, 0.25) is 5.02 Å². The fourth-order valence-electron chi connectivity index (χ4n) is 2.47. The SMILES string of the molecule is C[C@@H](CO)CC(=O)c1cc(-c2ccc(Cl)cc2)nc(-c2cccnc2)n1. The predicted molar refractivity (Wildman–Crippen MR) is 101 cm³/mol. The molecule has 3 aromatic rings. The van der Waals surface area contributed by atoms with E-state index in [0.717, 1.165) is 11.1 Å². The Balaban J connectivity index is 2.07. The Hall–Kier alpha value is -2.63. The molecule has 6 heteroatoms. The zero-order valence-electron chi connectivity index (χ0n) is 14.3. The lowest BCUT2D eigenvalue weighted by molar-refractivity contribution is 0.0938. The van der Waals surface area contributed by atoms with Crippen molar-refractivity contribution in [3.8, 4) is 22.6 Å². The molecular formula is C20H18ClN3O2. The molecule has 0 bridgehead atoms. The number of hydrogen-bond donors (Lipinski definition) is 1. The van der Waals surface area contributed by atoms with Crippen LogP contribution in [0.15, 0.2) is 54.9 Å². The summed E-state index contributed by atoms with van der Waals surface area (Å²) in [6.07, 6.45) is 3.55. The van der Waals surface area contributed by atoms with Gasteiger partial charge in [0.05, 0.1) is 5.69 Å². The fourth-order valence-corrected chi connectivity index (χ4v) is 2.59. The quantitative estimate of drug-likeness (QED) is 0.665. The third-order valence-corrected chi connectivity index (χ3v) is 4.17. The van der Waals surface area contributed by atoms with Crippen molar-refractivity contribution in [3.05, 3.63) is 65.6 Å². The van der Waals surface area contributed by atoms with Crippen LogP contribution in [0.1, 0.15) is 23.8 Å². The van der Waals surface area contributed by atoms with Gasteiger partial charge < -0.3 is 5.11 Å². The minimum Gasteiger partial charge on any atom is -0.396 e.